The average Bonchev–Trinajstić information content (AvgIpc) is 2.35. The maximum absolute atomic E-state index is 4.77. The monoisotopic (exact) mass is 337 g/mol. The summed E-state index contributed by atoms with van der Waals surface area (Å²) in [5.41, 5.74) is 3.50. The van der Waals surface area contributed by atoms with Gasteiger partial charge in [0.15, 0.2) is 0 Å². The van der Waals surface area contributed by atoms with Crippen molar-refractivity contribution in [3.8, 4) is 0 Å². The molecule has 0 radical (unpaired) electrons. The van der Waals surface area contributed by atoms with E-state index in [0.717, 1.165) is 11.0 Å². The molecular formula is C15H13NTe. The van der Waals surface area contributed by atoms with Crippen molar-refractivity contribution in [1.29, 1.82) is 0 Å². The summed E-state index contributed by atoms with van der Waals surface area (Å²) in [4.78, 5) is 7.07. The van der Waals surface area contributed by atoms with Crippen molar-refractivity contribution < 1.29 is 0 Å². The van der Waals surface area contributed by atoms with Crippen molar-refractivity contribution in [2.75, 3.05) is 0 Å². The molecule has 2 heteroatoms. The van der Waals surface area contributed by atoms with E-state index in [1.807, 2.05) is 0 Å². The molecule has 2 aromatic carbocycles. The molecule has 0 fully saturated rings. The Labute approximate surface area is 111 Å². The molecule has 84 valence electrons. The second-order valence-electron chi connectivity index (χ2n) is 4.24. The van der Waals surface area contributed by atoms with Crippen LogP contribution in [0.5, 0.6) is 0 Å². The van der Waals surface area contributed by atoms with Gasteiger partial charge in [0.1, 0.15) is 0 Å². The average molecular weight is 335 g/mol. The quantitative estimate of drug-likeness (QED) is 0.492. The number of fused-ring (bicyclic) bond motifs is 2. The van der Waals surface area contributed by atoms with Crippen molar-refractivity contribution in [2.24, 2.45) is 0 Å². The molecule has 1 aromatic heterocycles. The van der Waals surface area contributed by atoms with Crippen LogP contribution in [0.4, 0.5) is 0 Å². The van der Waals surface area contributed by atoms with Crippen LogP contribution < -0.4 is 3.61 Å². The van der Waals surface area contributed by atoms with Crippen LogP contribution >= 0.6 is 0 Å². The molecule has 0 amide bonds. The van der Waals surface area contributed by atoms with Crippen LogP contribution in [0.25, 0.3) is 21.8 Å². The Bertz CT molecular complexity index is 704. The van der Waals surface area contributed by atoms with Gasteiger partial charge < -0.3 is 0 Å². The van der Waals surface area contributed by atoms with Gasteiger partial charge in [-0.3, -0.25) is 0 Å². The molecule has 17 heavy (non-hydrogen) atoms. The first-order valence-corrected chi connectivity index (χ1v) is 9.11. The van der Waals surface area contributed by atoms with E-state index in [4.69, 9.17) is 4.98 Å². The van der Waals surface area contributed by atoms with E-state index in [1.54, 1.807) is 0 Å². The Kier molecular flexibility index (Phi) is 2.78. The van der Waals surface area contributed by atoms with Crippen LogP contribution in [0.1, 0.15) is 5.56 Å². The minimum atomic E-state index is -0.0224. The van der Waals surface area contributed by atoms with Crippen molar-refractivity contribution in [2.45, 2.75) is 11.9 Å². The van der Waals surface area contributed by atoms with E-state index < -0.39 is 0 Å². The Morgan fingerprint density at radius 2 is 1.59 bits per heavy atom. The molecule has 0 saturated carbocycles. The topological polar surface area (TPSA) is 12.9 Å². The van der Waals surface area contributed by atoms with Gasteiger partial charge in [0.2, 0.25) is 0 Å². The summed E-state index contributed by atoms with van der Waals surface area (Å²) in [6, 6.07) is 15.4. The molecule has 0 spiro atoms. The molecule has 3 rings (SSSR count). The number of aryl methyl sites for hydroxylation is 1. The summed E-state index contributed by atoms with van der Waals surface area (Å²) in [6.07, 6.45) is 0. The first-order chi connectivity index (χ1) is 8.26. The Balaban J connectivity index is 2.36. The zero-order valence-corrected chi connectivity index (χ0v) is 12.2. The molecule has 0 aliphatic carbocycles. The molecule has 0 aliphatic rings. The number of hydrogen-bond donors (Lipinski definition) is 0. The summed E-state index contributed by atoms with van der Waals surface area (Å²) >= 11 is -0.0224. The summed E-state index contributed by atoms with van der Waals surface area (Å²) in [5.74, 6) is 0. The number of rotatable bonds is 1. The molecular weight excluding hydrogens is 322 g/mol. The zero-order chi connectivity index (χ0) is 11.8. The van der Waals surface area contributed by atoms with Gasteiger partial charge in [0, 0.05) is 0 Å². The molecule has 0 aliphatic heterocycles. The van der Waals surface area contributed by atoms with Crippen LogP contribution in [0.15, 0.2) is 42.5 Å². The van der Waals surface area contributed by atoms with Crippen LogP contribution in [0.3, 0.4) is 0 Å². The van der Waals surface area contributed by atoms with E-state index in [0.29, 0.717) is 0 Å². The van der Waals surface area contributed by atoms with Crippen molar-refractivity contribution in [3.63, 3.8) is 0 Å². The molecule has 0 atom stereocenters. The SMILES string of the molecule is C[Te]c1ccc2cc3ccc(C)cc3nc2c1. The van der Waals surface area contributed by atoms with Crippen LogP contribution in [0.2, 0.25) is 4.97 Å². The summed E-state index contributed by atoms with van der Waals surface area (Å²) < 4.78 is 1.47. The van der Waals surface area contributed by atoms with Gasteiger partial charge in [-0.1, -0.05) is 0 Å². The number of aromatic nitrogens is 1. The fourth-order valence-corrected chi connectivity index (χ4v) is 3.28. The molecule has 0 saturated heterocycles. The van der Waals surface area contributed by atoms with Gasteiger partial charge in [-0.05, 0) is 0 Å². The van der Waals surface area contributed by atoms with Gasteiger partial charge in [0.05, 0.1) is 0 Å². The van der Waals surface area contributed by atoms with Crippen LogP contribution in [0, 0.1) is 6.92 Å². The second kappa shape index (κ2) is 4.29. The predicted molar refractivity (Wildman–Crippen MR) is 75.2 cm³/mol. The normalized spacial score (nSPS) is 11.2. The number of benzene rings is 2. The molecule has 1 heterocycles. The summed E-state index contributed by atoms with van der Waals surface area (Å²) in [7, 11) is 0. The molecule has 0 N–H and O–H groups in total. The number of hydrogen-bond acceptors (Lipinski definition) is 1. The zero-order valence-electron chi connectivity index (χ0n) is 9.90. The van der Waals surface area contributed by atoms with E-state index in [9.17, 15) is 0 Å². The minimum absolute atomic E-state index is 0.0224. The van der Waals surface area contributed by atoms with Crippen LogP contribution in [-0.4, -0.2) is 25.9 Å². The third-order valence-corrected chi connectivity index (χ3v) is 5.05. The number of pyridine rings is 1. The third-order valence-electron chi connectivity index (χ3n) is 2.98. The third kappa shape index (κ3) is 2.04. The maximum atomic E-state index is 4.77. The van der Waals surface area contributed by atoms with Crippen molar-refractivity contribution in [3.05, 3.63) is 48.0 Å². The van der Waals surface area contributed by atoms with Gasteiger partial charge in [-0.15, -0.1) is 0 Å². The second-order valence-corrected chi connectivity index (χ2v) is 6.75. The molecule has 0 bridgehead atoms. The fourth-order valence-electron chi connectivity index (χ4n) is 2.04. The van der Waals surface area contributed by atoms with Crippen LogP contribution in [-0.2, 0) is 0 Å². The van der Waals surface area contributed by atoms with E-state index in [1.165, 1.54) is 19.9 Å². The van der Waals surface area contributed by atoms with E-state index in [2.05, 4.69) is 54.4 Å². The van der Waals surface area contributed by atoms with E-state index in [-0.39, 0.29) is 20.9 Å². The summed E-state index contributed by atoms with van der Waals surface area (Å²) in [6.45, 7) is 2.11. The van der Waals surface area contributed by atoms with Gasteiger partial charge >= 0.3 is 111 Å². The molecule has 3 aromatic rings. The first kappa shape index (κ1) is 11.0. The Hall–Kier alpha value is -1.10. The Morgan fingerprint density at radius 3 is 2.35 bits per heavy atom. The van der Waals surface area contributed by atoms with Gasteiger partial charge in [0.25, 0.3) is 0 Å². The standard InChI is InChI=1S/C15H13NTe/c1-10-3-4-11-8-12-5-6-13(17-2)9-15(12)16-14(11)7-10/h3-9H,1-2H3. The molecule has 0 unspecified atom stereocenters. The van der Waals surface area contributed by atoms with E-state index >= 15 is 0 Å². The fraction of sp³-hybridized carbons (Fsp3) is 0.133. The molecule has 1 nitrogen and oxygen atoms in total. The van der Waals surface area contributed by atoms with Gasteiger partial charge in [-0.2, -0.15) is 0 Å². The van der Waals surface area contributed by atoms with Crippen molar-refractivity contribution in [1.82, 2.24) is 4.98 Å². The van der Waals surface area contributed by atoms with Gasteiger partial charge in [-0.25, -0.2) is 0 Å². The predicted octanol–water partition coefficient (Wildman–Crippen LogP) is 3.07. The van der Waals surface area contributed by atoms with Crippen molar-refractivity contribution >= 4 is 46.3 Å². The first-order valence-electron chi connectivity index (χ1n) is 5.61. The number of nitrogens with zero attached hydrogens (tertiary/aromatic N) is 1. The summed E-state index contributed by atoms with van der Waals surface area (Å²) in [5, 5.41) is 2.47. The Morgan fingerprint density at radius 1 is 0.882 bits per heavy atom.